The number of hydrogen-bond acceptors (Lipinski definition) is 3. The number of benzene rings is 1. The second kappa shape index (κ2) is 5.76. The number of aromatic nitrogens is 1. The third-order valence-electron chi connectivity index (χ3n) is 5.82. The Balaban J connectivity index is 1.40. The van der Waals surface area contributed by atoms with Gasteiger partial charge in [0.2, 0.25) is 5.88 Å². The van der Waals surface area contributed by atoms with Crippen LogP contribution in [-0.4, -0.2) is 11.0 Å². The number of rotatable bonds is 2. The summed E-state index contributed by atoms with van der Waals surface area (Å²) in [5, 5.41) is 3.67. The number of ether oxygens (including phenoxy) is 1. The van der Waals surface area contributed by atoms with E-state index in [1.165, 1.54) is 43.2 Å². The van der Waals surface area contributed by atoms with Crippen molar-refractivity contribution in [2.45, 2.75) is 44.8 Å². The van der Waals surface area contributed by atoms with E-state index in [1.807, 2.05) is 0 Å². The number of hydrogen-bond donors (Lipinski definition) is 1. The van der Waals surface area contributed by atoms with Crippen molar-refractivity contribution in [3.8, 4) is 17.0 Å². The summed E-state index contributed by atoms with van der Waals surface area (Å²) in [7, 11) is 0. The van der Waals surface area contributed by atoms with Crippen LogP contribution in [-0.2, 0) is 6.61 Å². The predicted octanol–water partition coefficient (Wildman–Crippen LogP) is 5.39. The summed E-state index contributed by atoms with van der Waals surface area (Å²) < 4.78 is 7.01. The first-order valence-corrected chi connectivity index (χ1v) is 9.73. The first kappa shape index (κ1) is 14.8. The van der Waals surface area contributed by atoms with E-state index in [4.69, 9.17) is 9.72 Å². The van der Waals surface area contributed by atoms with Crippen LogP contribution >= 0.6 is 15.9 Å². The van der Waals surface area contributed by atoms with Crippen molar-refractivity contribution in [1.82, 2.24) is 4.98 Å². The average Bonchev–Trinajstić information content (AvgIpc) is 2.93. The first-order valence-electron chi connectivity index (χ1n) is 8.94. The van der Waals surface area contributed by atoms with Crippen molar-refractivity contribution in [2.24, 2.45) is 11.8 Å². The van der Waals surface area contributed by atoms with Crippen LogP contribution < -0.4 is 10.1 Å². The molecule has 124 valence electrons. The van der Waals surface area contributed by atoms with Gasteiger partial charge in [-0.1, -0.05) is 34.8 Å². The summed E-state index contributed by atoms with van der Waals surface area (Å²) in [4.78, 5) is 4.75. The van der Waals surface area contributed by atoms with Crippen LogP contribution in [0.2, 0.25) is 0 Å². The molecule has 2 aliphatic carbocycles. The van der Waals surface area contributed by atoms with Gasteiger partial charge in [0.25, 0.3) is 0 Å². The molecule has 2 heterocycles. The molecular formula is C20H21BrN2O. The lowest BCUT2D eigenvalue weighted by molar-refractivity contribution is 0.290. The van der Waals surface area contributed by atoms with Crippen LogP contribution in [0.4, 0.5) is 5.82 Å². The number of halogens is 1. The van der Waals surface area contributed by atoms with E-state index >= 15 is 0 Å². The molecular weight excluding hydrogens is 364 g/mol. The maximum Gasteiger partial charge on any atom is 0.223 e. The Kier molecular flexibility index (Phi) is 3.55. The smallest absolute Gasteiger partial charge is 0.223 e. The Morgan fingerprint density at radius 3 is 2.62 bits per heavy atom. The van der Waals surface area contributed by atoms with Gasteiger partial charge in [-0.3, -0.25) is 0 Å². The fourth-order valence-electron chi connectivity index (χ4n) is 4.76. The lowest BCUT2D eigenvalue weighted by Crippen LogP contribution is -2.28. The van der Waals surface area contributed by atoms with Crippen molar-refractivity contribution in [2.75, 3.05) is 5.32 Å². The second-order valence-electron chi connectivity index (χ2n) is 7.50. The lowest BCUT2D eigenvalue weighted by atomic mass is 9.85. The zero-order valence-electron chi connectivity index (χ0n) is 13.6. The van der Waals surface area contributed by atoms with E-state index in [9.17, 15) is 0 Å². The molecule has 1 aromatic carbocycles. The normalized spacial score (nSPS) is 27.1. The van der Waals surface area contributed by atoms with Gasteiger partial charge in [0.05, 0.1) is 0 Å². The number of nitrogens with zero attached hydrogens (tertiary/aromatic N) is 1. The Hall–Kier alpha value is -1.55. The van der Waals surface area contributed by atoms with Gasteiger partial charge in [-0.2, -0.15) is 4.98 Å². The Labute approximate surface area is 151 Å². The molecule has 1 N–H and O–H groups in total. The lowest BCUT2D eigenvalue weighted by Gasteiger charge is -2.29. The zero-order valence-corrected chi connectivity index (χ0v) is 15.2. The molecule has 5 rings (SSSR count). The summed E-state index contributed by atoms with van der Waals surface area (Å²) in [5.74, 6) is 3.58. The molecule has 2 bridgehead atoms. The molecule has 3 nitrogen and oxygen atoms in total. The number of anilines is 1. The highest BCUT2D eigenvalue weighted by Crippen LogP contribution is 2.43. The SMILES string of the molecule is Brc1ccc2c(c1)COc1nc(NC3C[C@H]4CC[C@@H](C3)C4)ccc1-2. The molecule has 24 heavy (non-hydrogen) atoms. The highest BCUT2D eigenvalue weighted by Gasteiger charge is 2.34. The number of pyridine rings is 1. The van der Waals surface area contributed by atoms with E-state index < -0.39 is 0 Å². The molecule has 0 spiro atoms. The standard InChI is InChI=1S/C20H21BrN2O/c21-15-3-4-17-14(10-15)11-24-20-18(17)5-6-19(23-20)22-16-8-12-1-2-13(7-12)9-16/h3-6,10,12-13,16H,1-2,7-9,11H2,(H,22,23)/t12-,13+,16?. The third-order valence-corrected chi connectivity index (χ3v) is 6.31. The summed E-state index contributed by atoms with van der Waals surface area (Å²) in [6, 6.07) is 11.2. The van der Waals surface area contributed by atoms with Crippen LogP contribution in [0.1, 0.15) is 37.7 Å². The minimum atomic E-state index is 0.577. The molecule has 2 saturated carbocycles. The van der Waals surface area contributed by atoms with Crippen LogP contribution in [0.3, 0.4) is 0 Å². The fourth-order valence-corrected chi connectivity index (χ4v) is 5.17. The van der Waals surface area contributed by atoms with Gasteiger partial charge in [-0.15, -0.1) is 0 Å². The van der Waals surface area contributed by atoms with Gasteiger partial charge in [0, 0.05) is 16.1 Å². The number of nitrogens with one attached hydrogen (secondary N) is 1. The van der Waals surface area contributed by atoms with E-state index in [1.54, 1.807) is 0 Å². The van der Waals surface area contributed by atoms with Gasteiger partial charge in [-0.05, 0) is 66.5 Å². The van der Waals surface area contributed by atoms with E-state index in [0.29, 0.717) is 12.6 Å². The van der Waals surface area contributed by atoms with Gasteiger partial charge >= 0.3 is 0 Å². The molecule has 1 unspecified atom stereocenters. The number of fused-ring (bicyclic) bond motifs is 5. The maximum absolute atomic E-state index is 5.92. The topological polar surface area (TPSA) is 34.1 Å². The summed E-state index contributed by atoms with van der Waals surface area (Å²) in [6.07, 6.45) is 6.90. The molecule has 1 aromatic heterocycles. The van der Waals surface area contributed by atoms with E-state index in [0.717, 1.165) is 33.6 Å². The minimum absolute atomic E-state index is 0.577. The van der Waals surface area contributed by atoms with Crippen molar-refractivity contribution >= 4 is 21.7 Å². The summed E-state index contributed by atoms with van der Waals surface area (Å²) in [6.45, 7) is 0.589. The Morgan fingerprint density at radius 1 is 1.00 bits per heavy atom. The van der Waals surface area contributed by atoms with Gasteiger partial charge in [0.15, 0.2) is 0 Å². The minimum Gasteiger partial charge on any atom is -0.472 e. The van der Waals surface area contributed by atoms with Crippen molar-refractivity contribution in [3.05, 3.63) is 40.4 Å². The molecule has 0 amide bonds. The maximum atomic E-state index is 5.92. The summed E-state index contributed by atoms with van der Waals surface area (Å²) >= 11 is 3.53. The average molecular weight is 385 g/mol. The van der Waals surface area contributed by atoms with Crippen LogP contribution in [0.15, 0.2) is 34.8 Å². The van der Waals surface area contributed by atoms with Gasteiger partial charge < -0.3 is 10.1 Å². The molecule has 2 aromatic rings. The van der Waals surface area contributed by atoms with Crippen molar-refractivity contribution in [1.29, 1.82) is 0 Å². The molecule has 3 atom stereocenters. The molecule has 4 heteroatoms. The largest absolute Gasteiger partial charge is 0.472 e. The van der Waals surface area contributed by atoms with Gasteiger partial charge in [0.1, 0.15) is 12.4 Å². The van der Waals surface area contributed by atoms with Crippen LogP contribution in [0.5, 0.6) is 5.88 Å². The Bertz CT molecular complexity index is 779. The molecule has 2 fully saturated rings. The Morgan fingerprint density at radius 2 is 1.79 bits per heavy atom. The fraction of sp³-hybridized carbons (Fsp3) is 0.450. The quantitative estimate of drug-likeness (QED) is 0.752. The van der Waals surface area contributed by atoms with Crippen LogP contribution in [0, 0.1) is 11.8 Å². The van der Waals surface area contributed by atoms with Crippen molar-refractivity contribution in [3.63, 3.8) is 0 Å². The van der Waals surface area contributed by atoms with Gasteiger partial charge in [-0.25, -0.2) is 0 Å². The first-order chi connectivity index (χ1) is 11.7. The molecule has 3 aliphatic rings. The van der Waals surface area contributed by atoms with Crippen LogP contribution in [0.25, 0.3) is 11.1 Å². The second-order valence-corrected chi connectivity index (χ2v) is 8.41. The zero-order chi connectivity index (χ0) is 16.1. The molecule has 1 aliphatic heterocycles. The molecule has 0 saturated heterocycles. The summed E-state index contributed by atoms with van der Waals surface area (Å²) in [5.41, 5.74) is 3.54. The monoisotopic (exact) mass is 384 g/mol. The van der Waals surface area contributed by atoms with Crippen molar-refractivity contribution < 1.29 is 4.74 Å². The predicted molar refractivity (Wildman–Crippen MR) is 99.2 cm³/mol. The van der Waals surface area contributed by atoms with E-state index in [-0.39, 0.29) is 0 Å². The molecule has 0 radical (unpaired) electrons. The third kappa shape index (κ3) is 2.61. The highest BCUT2D eigenvalue weighted by atomic mass is 79.9. The van der Waals surface area contributed by atoms with E-state index in [2.05, 4.69) is 51.6 Å². The highest BCUT2D eigenvalue weighted by molar-refractivity contribution is 9.10.